The third kappa shape index (κ3) is 2.51. The lowest BCUT2D eigenvalue weighted by molar-refractivity contribution is 0.164. The fraction of sp³-hybridized carbons (Fsp3) is 0.846. The van der Waals surface area contributed by atoms with Gasteiger partial charge in [-0.25, -0.2) is 4.68 Å². The van der Waals surface area contributed by atoms with Crippen molar-refractivity contribution in [3.63, 3.8) is 0 Å². The monoisotopic (exact) mass is 236 g/mol. The summed E-state index contributed by atoms with van der Waals surface area (Å²) in [5, 5.41) is 8.16. The molecule has 1 fully saturated rings. The molecule has 1 aliphatic rings. The van der Waals surface area contributed by atoms with Crippen molar-refractivity contribution in [2.24, 2.45) is 11.1 Å². The molecule has 0 amide bonds. The van der Waals surface area contributed by atoms with Gasteiger partial charge in [0.25, 0.3) is 0 Å². The predicted octanol–water partition coefficient (Wildman–Crippen LogP) is 2.66. The molecule has 0 aromatic carbocycles. The Labute approximate surface area is 104 Å². The maximum absolute atomic E-state index is 6.48. The third-order valence-corrected chi connectivity index (χ3v) is 4.15. The van der Waals surface area contributed by atoms with Crippen molar-refractivity contribution in [2.45, 2.75) is 65.0 Å². The smallest absolute Gasteiger partial charge is 0.0759 e. The summed E-state index contributed by atoms with van der Waals surface area (Å²) in [6.07, 6.45) is 9.34. The van der Waals surface area contributed by atoms with Crippen LogP contribution >= 0.6 is 0 Å². The van der Waals surface area contributed by atoms with E-state index in [1.807, 2.05) is 10.9 Å². The SMILES string of the molecule is CCCn1nncc1C(N)C1(C)CCCCC1. The highest BCUT2D eigenvalue weighted by Gasteiger charge is 2.35. The number of hydrogen-bond acceptors (Lipinski definition) is 3. The molecule has 4 nitrogen and oxygen atoms in total. The predicted molar refractivity (Wildman–Crippen MR) is 68.4 cm³/mol. The maximum Gasteiger partial charge on any atom is 0.0759 e. The van der Waals surface area contributed by atoms with Gasteiger partial charge in [-0.2, -0.15) is 0 Å². The molecular weight excluding hydrogens is 212 g/mol. The van der Waals surface area contributed by atoms with Crippen LogP contribution < -0.4 is 5.73 Å². The Morgan fingerprint density at radius 3 is 2.76 bits per heavy atom. The van der Waals surface area contributed by atoms with Crippen LogP contribution in [-0.2, 0) is 6.54 Å². The highest BCUT2D eigenvalue weighted by molar-refractivity contribution is 5.07. The van der Waals surface area contributed by atoms with E-state index in [1.54, 1.807) is 0 Å². The van der Waals surface area contributed by atoms with Gasteiger partial charge in [0.2, 0.25) is 0 Å². The van der Waals surface area contributed by atoms with Crippen LogP contribution in [0.1, 0.15) is 64.1 Å². The summed E-state index contributed by atoms with van der Waals surface area (Å²) in [5.41, 5.74) is 7.81. The van der Waals surface area contributed by atoms with E-state index in [9.17, 15) is 0 Å². The second kappa shape index (κ2) is 5.17. The fourth-order valence-electron chi connectivity index (χ4n) is 2.92. The Balaban J connectivity index is 2.17. The van der Waals surface area contributed by atoms with E-state index in [2.05, 4.69) is 24.2 Å². The van der Waals surface area contributed by atoms with Crippen LogP contribution in [0, 0.1) is 5.41 Å². The van der Waals surface area contributed by atoms with Gasteiger partial charge in [0.1, 0.15) is 0 Å². The van der Waals surface area contributed by atoms with Gasteiger partial charge in [-0.3, -0.25) is 0 Å². The molecule has 0 bridgehead atoms. The van der Waals surface area contributed by atoms with Crippen molar-refractivity contribution >= 4 is 0 Å². The first-order valence-corrected chi connectivity index (χ1v) is 6.81. The molecular formula is C13H24N4. The first-order chi connectivity index (χ1) is 8.17. The van der Waals surface area contributed by atoms with E-state index in [-0.39, 0.29) is 11.5 Å². The number of hydrogen-bond donors (Lipinski definition) is 1. The Kier molecular flexibility index (Phi) is 3.82. The highest BCUT2D eigenvalue weighted by Crippen LogP contribution is 2.44. The normalized spacial score (nSPS) is 21.4. The van der Waals surface area contributed by atoms with E-state index in [1.165, 1.54) is 32.1 Å². The minimum Gasteiger partial charge on any atom is -0.322 e. The van der Waals surface area contributed by atoms with Gasteiger partial charge in [-0.15, -0.1) is 5.10 Å². The molecule has 1 heterocycles. The molecule has 0 radical (unpaired) electrons. The van der Waals surface area contributed by atoms with Crippen molar-refractivity contribution in [3.8, 4) is 0 Å². The maximum atomic E-state index is 6.48. The van der Waals surface area contributed by atoms with Crippen LogP contribution in [0.3, 0.4) is 0 Å². The summed E-state index contributed by atoms with van der Waals surface area (Å²) in [7, 11) is 0. The first-order valence-electron chi connectivity index (χ1n) is 6.81. The Bertz CT molecular complexity index is 352. The molecule has 0 saturated heterocycles. The number of aryl methyl sites for hydroxylation is 1. The van der Waals surface area contributed by atoms with Gasteiger partial charge in [-0.05, 0) is 24.7 Å². The van der Waals surface area contributed by atoms with Gasteiger partial charge in [-0.1, -0.05) is 38.3 Å². The minimum absolute atomic E-state index is 0.0735. The summed E-state index contributed by atoms with van der Waals surface area (Å²) in [6, 6.07) is 0.0735. The third-order valence-electron chi connectivity index (χ3n) is 4.15. The number of nitrogens with two attached hydrogens (primary N) is 1. The standard InChI is InChI=1S/C13H24N4/c1-3-9-17-11(10-15-16-17)12(14)13(2)7-5-4-6-8-13/h10,12H,3-9,14H2,1-2H3. The largest absolute Gasteiger partial charge is 0.322 e. The van der Waals surface area contributed by atoms with Crippen LogP contribution in [0.2, 0.25) is 0 Å². The molecule has 1 saturated carbocycles. The summed E-state index contributed by atoms with van der Waals surface area (Å²) in [5.74, 6) is 0. The molecule has 96 valence electrons. The second-order valence-corrected chi connectivity index (χ2v) is 5.57. The summed E-state index contributed by atoms with van der Waals surface area (Å²) < 4.78 is 1.98. The number of nitrogens with zero attached hydrogens (tertiary/aromatic N) is 3. The number of rotatable bonds is 4. The molecule has 0 aliphatic heterocycles. The van der Waals surface area contributed by atoms with Crippen molar-refractivity contribution in [1.82, 2.24) is 15.0 Å². The van der Waals surface area contributed by atoms with E-state index < -0.39 is 0 Å². The van der Waals surface area contributed by atoms with Crippen molar-refractivity contribution in [1.29, 1.82) is 0 Å². The van der Waals surface area contributed by atoms with Crippen LogP contribution in [-0.4, -0.2) is 15.0 Å². The van der Waals surface area contributed by atoms with E-state index in [4.69, 9.17) is 5.73 Å². The zero-order valence-electron chi connectivity index (χ0n) is 11.0. The Morgan fingerprint density at radius 2 is 2.12 bits per heavy atom. The van der Waals surface area contributed by atoms with E-state index >= 15 is 0 Å². The topological polar surface area (TPSA) is 56.7 Å². The Hall–Kier alpha value is -0.900. The average molecular weight is 236 g/mol. The van der Waals surface area contributed by atoms with Crippen LogP contribution in [0.4, 0.5) is 0 Å². The summed E-state index contributed by atoms with van der Waals surface area (Å²) in [6.45, 7) is 5.39. The summed E-state index contributed by atoms with van der Waals surface area (Å²) >= 11 is 0. The van der Waals surface area contributed by atoms with Gasteiger partial charge < -0.3 is 5.73 Å². The zero-order valence-corrected chi connectivity index (χ0v) is 11.0. The average Bonchev–Trinajstić information content (AvgIpc) is 2.78. The molecule has 0 spiro atoms. The molecule has 4 heteroatoms. The van der Waals surface area contributed by atoms with Gasteiger partial charge in [0.05, 0.1) is 17.9 Å². The highest BCUT2D eigenvalue weighted by atomic mass is 15.4. The van der Waals surface area contributed by atoms with Crippen LogP contribution in [0.15, 0.2) is 6.20 Å². The number of aromatic nitrogens is 3. The molecule has 2 rings (SSSR count). The first kappa shape index (κ1) is 12.6. The second-order valence-electron chi connectivity index (χ2n) is 5.57. The molecule has 2 N–H and O–H groups in total. The van der Waals surface area contributed by atoms with Crippen molar-refractivity contribution in [2.75, 3.05) is 0 Å². The van der Waals surface area contributed by atoms with E-state index in [0.29, 0.717) is 0 Å². The van der Waals surface area contributed by atoms with Crippen LogP contribution in [0.5, 0.6) is 0 Å². The lowest BCUT2D eigenvalue weighted by atomic mass is 9.70. The van der Waals surface area contributed by atoms with Crippen LogP contribution in [0.25, 0.3) is 0 Å². The lowest BCUT2D eigenvalue weighted by Crippen LogP contribution is -2.35. The summed E-state index contributed by atoms with van der Waals surface area (Å²) in [4.78, 5) is 0. The van der Waals surface area contributed by atoms with Crippen molar-refractivity contribution in [3.05, 3.63) is 11.9 Å². The fourth-order valence-corrected chi connectivity index (χ4v) is 2.92. The molecule has 1 aromatic heterocycles. The van der Waals surface area contributed by atoms with Gasteiger partial charge in [0.15, 0.2) is 0 Å². The zero-order chi connectivity index (χ0) is 12.3. The molecule has 17 heavy (non-hydrogen) atoms. The molecule has 1 aromatic rings. The van der Waals surface area contributed by atoms with Gasteiger partial charge >= 0.3 is 0 Å². The quantitative estimate of drug-likeness (QED) is 0.874. The Morgan fingerprint density at radius 1 is 1.41 bits per heavy atom. The molecule has 1 aliphatic carbocycles. The molecule has 1 atom stereocenters. The van der Waals surface area contributed by atoms with Crippen molar-refractivity contribution < 1.29 is 0 Å². The lowest BCUT2D eigenvalue weighted by Gasteiger charge is -2.38. The molecule has 1 unspecified atom stereocenters. The minimum atomic E-state index is 0.0735. The van der Waals surface area contributed by atoms with Gasteiger partial charge in [0, 0.05) is 6.54 Å². The van der Waals surface area contributed by atoms with E-state index in [0.717, 1.165) is 18.7 Å².